The Labute approximate surface area is 245 Å². The van der Waals surface area contributed by atoms with E-state index >= 15 is 0 Å². The lowest BCUT2D eigenvalue weighted by Gasteiger charge is -2.30. The molecule has 0 saturated heterocycles. The van der Waals surface area contributed by atoms with Gasteiger partial charge in [0.2, 0.25) is 0 Å². The van der Waals surface area contributed by atoms with Gasteiger partial charge in [0.25, 0.3) is 0 Å². The smallest absolute Gasteiger partial charge is 0.158 e. The zero-order valence-electron chi connectivity index (χ0n) is 22.0. The molecule has 0 saturated carbocycles. The molecular formula is C37H24O2S2. The first kappa shape index (κ1) is 24.7. The monoisotopic (exact) mass is 564 g/mol. The zero-order chi connectivity index (χ0) is 27.6. The molecule has 0 aliphatic heterocycles. The first-order valence-corrected chi connectivity index (χ1v) is 15.9. The van der Waals surface area contributed by atoms with Gasteiger partial charge in [0.05, 0.1) is 5.41 Å². The topological polar surface area (TPSA) is 46.1 Å². The molecule has 2 nitrogen and oxygen atoms in total. The molecule has 41 heavy (non-hydrogen) atoms. The minimum atomic E-state index is -1.32. The lowest BCUT2D eigenvalue weighted by atomic mass is 9.70. The van der Waals surface area contributed by atoms with Crippen molar-refractivity contribution >= 4 is 22.4 Å². The van der Waals surface area contributed by atoms with Gasteiger partial charge in [-0.2, -0.15) is 0 Å². The largest absolute Gasteiger partial charge is 0.606 e. The van der Waals surface area contributed by atoms with Gasteiger partial charge in [0, 0.05) is 22.4 Å². The lowest BCUT2D eigenvalue weighted by Crippen LogP contribution is -2.26. The third-order valence-electron chi connectivity index (χ3n) is 8.38. The third kappa shape index (κ3) is 3.55. The fourth-order valence-corrected chi connectivity index (χ4v) is 8.87. The van der Waals surface area contributed by atoms with E-state index in [1.165, 1.54) is 22.3 Å². The van der Waals surface area contributed by atoms with E-state index in [1.54, 1.807) is 0 Å². The molecule has 8 rings (SSSR count). The van der Waals surface area contributed by atoms with E-state index in [0.29, 0.717) is 0 Å². The van der Waals surface area contributed by atoms with E-state index in [0.717, 1.165) is 41.8 Å². The van der Waals surface area contributed by atoms with Crippen LogP contribution in [0.3, 0.4) is 0 Å². The van der Waals surface area contributed by atoms with Crippen LogP contribution in [-0.4, -0.2) is 9.11 Å². The van der Waals surface area contributed by atoms with E-state index < -0.39 is 27.8 Å². The standard InChI is InChI=1S/C37H24O2S2/c38-40(25-11-3-1-4-12-25)27-19-21-31-29-15-7-9-17-33(29)37(35(31)23-27)34-18-10-8-16-30(34)32-22-20-28(24-36(32)37)41(39)26-13-5-2-6-14-26/h1-24H. The van der Waals surface area contributed by atoms with E-state index in [4.69, 9.17) is 0 Å². The van der Waals surface area contributed by atoms with Crippen LogP contribution in [0.2, 0.25) is 0 Å². The van der Waals surface area contributed by atoms with Crippen LogP contribution in [-0.2, 0) is 27.8 Å². The van der Waals surface area contributed by atoms with Gasteiger partial charge < -0.3 is 9.11 Å². The second-order valence-corrected chi connectivity index (χ2v) is 13.4. The van der Waals surface area contributed by atoms with Crippen molar-refractivity contribution in [3.8, 4) is 22.3 Å². The second kappa shape index (κ2) is 9.51. The van der Waals surface area contributed by atoms with Crippen LogP contribution in [0, 0.1) is 0 Å². The highest BCUT2D eigenvalue weighted by Crippen LogP contribution is 2.63. The van der Waals surface area contributed by atoms with Gasteiger partial charge in [-0.25, -0.2) is 0 Å². The van der Waals surface area contributed by atoms with Gasteiger partial charge in [0.15, 0.2) is 19.6 Å². The molecule has 2 unspecified atom stereocenters. The number of fused-ring (bicyclic) bond motifs is 10. The van der Waals surface area contributed by atoms with E-state index in [9.17, 15) is 9.11 Å². The summed E-state index contributed by atoms with van der Waals surface area (Å²) in [5.41, 5.74) is 8.68. The number of benzene rings is 6. The Hall–Kier alpha value is -4.06. The Morgan fingerprint density at radius 1 is 0.341 bits per heavy atom. The summed E-state index contributed by atoms with van der Waals surface area (Å²) in [5, 5.41) is 0. The summed E-state index contributed by atoms with van der Waals surface area (Å²) in [5.74, 6) is 0. The van der Waals surface area contributed by atoms with Crippen LogP contribution in [0.1, 0.15) is 22.3 Å². The third-order valence-corrected chi connectivity index (χ3v) is 11.1. The number of hydrogen-bond acceptors (Lipinski definition) is 2. The van der Waals surface area contributed by atoms with Crippen molar-refractivity contribution in [2.75, 3.05) is 0 Å². The van der Waals surface area contributed by atoms with Crippen LogP contribution in [0.25, 0.3) is 22.3 Å². The Balaban J connectivity index is 1.41. The molecule has 0 radical (unpaired) electrons. The highest BCUT2D eigenvalue weighted by molar-refractivity contribution is 7.91. The van der Waals surface area contributed by atoms with Crippen molar-refractivity contribution in [3.05, 3.63) is 168 Å². The molecule has 0 heterocycles. The van der Waals surface area contributed by atoms with Crippen LogP contribution < -0.4 is 0 Å². The lowest BCUT2D eigenvalue weighted by molar-refractivity contribution is 0.594. The Morgan fingerprint density at radius 3 is 1.15 bits per heavy atom. The van der Waals surface area contributed by atoms with Crippen LogP contribution in [0.5, 0.6) is 0 Å². The summed E-state index contributed by atoms with van der Waals surface area (Å²) >= 11 is -2.64. The first-order valence-electron chi connectivity index (χ1n) is 13.6. The van der Waals surface area contributed by atoms with Crippen molar-refractivity contribution in [2.24, 2.45) is 0 Å². The summed E-state index contributed by atoms with van der Waals surface area (Å²) in [4.78, 5) is 3.11. The summed E-state index contributed by atoms with van der Waals surface area (Å²) in [6.07, 6.45) is 0. The molecule has 6 aromatic carbocycles. The highest BCUT2D eigenvalue weighted by Gasteiger charge is 2.52. The fourth-order valence-electron chi connectivity index (χ4n) is 6.69. The molecule has 6 aromatic rings. The van der Waals surface area contributed by atoms with Gasteiger partial charge in [-0.1, -0.05) is 84.9 Å². The van der Waals surface area contributed by atoms with Crippen LogP contribution in [0.15, 0.2) is 165 Å². The Bertz CT molecular complexity index is 1790. The van der Waals surface area contributed by atoms with E-state index in [2.05, 4.69) is 72.8 Å². The average molecular weight is 565 g/mol. The molecule has 0 N–H and O–H groups in total. The number of hydrogen-bond donors (Lipinski definition) is 0. The minimum Gasteiger partial charge on any atom is -0.606 e. The van der Waals surface area contributed by atoms with E-state index in [-0.39, 0.29) is 0 Å². The highest BCUT2D eigenvalue weighted by atomic mass is 32.2. The Morgan fingerprint density at radius 2 is 0.707 bits per heavy atom. The maximum absolute atomic E-state index is 13.8. The molecular weight excluding hydrogens is 541 g/mol. The van der Waals surface area contributed by atoms with Gasteiger partial charge in [-0.15, -0.1) is 0 Å². The van der Waals surface area contributed by atoms with Crippen LogP contribution >= 0.6 is 0 Å². The van der Waals surface area contributed by atoms with Crippen molar-refractivity contribution < 1.29 is 9.11 Å². The molecule has 0 bridgehead atoms. The summed E-state index contributed by atoms with van der Waals surface area (Å²) in [7, 11) is 0. The van der Waals surface area contributed by atoms with Gasteiger partial charge in [-0.05, 0) is 105 Å². The van der Waals surface area contributed by atoms with Crippen molar-refractivity contribution in [3.63, 3.8) is 0 Å². The fraction of sp³-hybridized carbons (Fsp3) is 0.0270. The molecule has 0 aromatic heterocycles. The number of rotatable bonds is 4. The molecule has 1 spiro atoms. The quantitative estimate of drug-likeness (QED) is 0.202. The molecule has 2 aliphatic rings. The molecule has 0 amide bonds. The van der Waals surface area contributed by atoms with Crippen molar-refractivity contribution in [2.45, 2.75) is 25.0 Å². The zero-order valence-corrected chi connectivity index (χ0v) is 23.6. The summed E-state index contributed by atoms with van der Waals surface area (Å²) < 4.78 is 27.6. The van der Waals surface area contributed by atoms with Gasteiger partial charge >= 0.3 is 0 Å². The molecule has 0 fully saturated rings. The predicted octanol–water partition coefficient (Wildman–Crippen LogP) is 8.36. The maximum Gasteiger partial charge on any atom is 0.158 e. The second-order valence-electron chi connectivity index (χ2n) is 10.4. The van der Waals surface area contributed by atoms with Gasteiger partial charge in [-0.3, -0.25) is 0 Å². The summed E-state index contributed by atoms with van der Waals surface area (Å²) in [6.45, 7) is 0. The first-order chi connectivity index (χ1) is 20.2. The maximum atomic E-state index is 13.8. The average Bonchev–Trinajstić information content (AvgIpc) is 3.51. The molecule has 4 heteroatoms. The van der Waals surface area contributed by atoms with Gasteiger partial charge in [0.1, 0.15) is 0 Å². The predicted molar refractivity (Wildman–Crippen MR) is 165 cm³/mol. The van der Waals surface area contributed by atoms with Crippen LogP contribution in [0.4, 0.5) is 0 Å². The molecule has 2 aliphatic carbocycles. The Kier molecular flexibility index (Phi) is 5.73. The SMILES string of the molecule is [O-][S+](c1ccccc1)c1ccc2c(c1)C1(c3ccccc3-2)c2ccccc2-c2ccc([S+]([O-])c3ccccc3)cc21. The van der Waals surface area contributed by atoms with E-state index in [1.807, 2.05) is 72.8 Å². The molecule has 196 valence electrons. The minimum absolute atomic E-state index is 0.606. The normalized spacial score (nSPS) is 17.4. The molecule has 2 atom stereocenters. The van der Waals surface area contributed by atoms with Crippen molar-refractivity contribution in [1.29, 1.82) is 0 Å². The summed E-state index contributed by atoms with van der Waals surface area (Å²) in [6, 6.07) is 49.0. The van der Waals surface area contributed by atoms with Crippen molar-refractivity contribution in [1.82, 2.24) is 0 Å².